The first-order valence-electron chi connectivity index (χ1n) is 8.34. The molecule has 0 radical (unpaired) electrons. The largest absolute Gasteiger partial charge is 0.377 e. The predicted octanol–water partition coefficient (Wildman–Crippen LogP) is 2.85. The van der Waals surface area contributed by atoms with Crippen molar-refractivity contribution in [3.8, 4) is 0 Å². The van der Waals surface area contributed by atoms with Crippen LogP contribution in [0.2, 0.25) is 0 Å². The van der Waals surface area contributed by atoms with E-state index in [-0.39, 0.29) is 35.8 Å². The lowest BCUT2D eigenvalue weighted by atomic mass is 9.46. The number of hydrogen-bond donors (Lipinski definition) is 2. The van der Waals surface area contributed by atoms with Crippen LogP contribution in [0.5, 0.6) is 0 Å². The van der Waals surface area contributed by atoms with Gasteiger partial charge in [0.1, 0.15) is 5.54 Å². The Morgan fingerprint density at radius 3 is 2.79 bits per heavy atom. The van der Waals surface area contributed by atoms with Gasteiger partial charge >= 0.3 is 0 Å². The highest BCUT2D eigenvalue weighted by atomic mass is 35.5. The van der Waals surface area contributed by atoms with Crippen LogP contribution in [0.15, 0.2) is 35.2 Å². The van der Waals surface area contributed by atoms with Crippen molar-refractivity contribution in [3.63, 3.8) is 0 Å². The number of halogens is 1. The third-order valence-electron chi connectivity index (χ3n) is 5.46. The van der Waals surface area contributed by atoms with E-state index in [0.717, 1.165) is 25.2 Å². The molecule has 1 aromatic rings. The van der Waals surface area contributed by atoms with Crippen molar-refractivity contribution in [3.05, 3.63) is 30.3 Å². The van der Waals surface area contributed by atoms with Crippen LogP contribution in [0.3, 0.4) is 0 Å². The zero-order valence-electron chi connectivity index (χ0n) is 14.3. The summed E-state index contributed by atoms with van der Waals surface area (Å²) in [7, 11) is 0. The number of hydrogen-bond acceptors (Lipinski definition) is 4. The first-order chi connectivity index (χ1) is 11.0. The molecule has 3 rings (SSSR count). The molecule has 1 aliphatic heterocycles. The van der Waals surface area contributed by atoms with E-state index in [4.69, 9.17) is 10.5 Å². The average Bonchev–Trinajstić information content (AvgIpc) is 2.58. The molecule has 1 aromatic carbocycles. The predicted molar refractivity (Wildman–Crippen MR) is 101 cm³/mol. The molecule has 2 aliphatic rings. The summed E-state index contributed by atoms with van der Waals surface area (Å²) in [5, 5.41) is 3.04. The monoisotopic (exact) mass is 370 g/mol. The number of thioether (sulfide) groups is 1. The number of rotatable bonds is 5. The van der Waals surface area contributed by atoms with Crippen LogP contribution < -0.4 is 11.1 Å². The van der Waals surface area contributed by atoms with Crippen LogP contribution >= 0.6 is 24.2 Å². The van der Waals surface area contributed by atoms with Crippen molar-refractivity contribution in [1.29, 1.82) is 0 Å². The summed E-state index contributed by atoms with van der Waals surface area (Å²) in [6.45, 7) is 5.53. The molecule has 6 heteroatoms. The van der Waals surface area contributed by atoms with Gasteiger partial charge in [0, 0.05) is 35.1 Å². The molecule has 2 fully saturated rings. The Labute approximate surface area is 154 Å². The Kier molecular flexibility index (Phi) is 6.24. The van der Waals surface area contributed by atoms with E-state index in [1.54, 1.807) is 11.8 Å². The van der Waals surface area contributed by atoms with Gasteiger partial charge in [0.15, 0.2) is 0 Å². The van der Waals surface area contributed by atoms with Gasteiger partial charge < -0.3 is 15.8 Å². The number of carbonyl (C=O) groups is 1. The lowest BCUT2D eigenvalue weighted by Crippen LogP contribution is -2.82. The van der Waals surface area contributed by atoms with Crippen LogP contribution in [0, 0.1) is 11.3 Å². The Balaban J connectivity index is 0.00000208. The van der Waals surface area contributed by atoms with Gasteiger partial charge in [0.25, 0.3) is 0 Å². The van der Waals surface area contributed by atoms with Gasteiger partial charge in [-0.25, -0.2) is 0 Å². The Morgan fingerprint density at radius 1 is 1.38 bits per heavy atom. The first kappa shape index (κ1) is 19.6. The fraction of sp³-hybridized carbons (Fsp3) is 0.611. The summed E-state index contributed by atoms with van der Waals surface area (Å²) in [6.07, 6.45) is 2.09. The summed E-state index contributed by atoms with van der Waals surface area (Å²) in [5.74, 6) is 0.965. The standard InChI is InChI=1S/C18H26N2O2S.ClH/c1-17(2)15-14(9-6-11-22-15)18(17,19)16(21)20-10-12-23-13-7-4-3-5-8-13;/h3-5,7-8,14-15H,6,9-12,19H2,1-2H3,(H,20,21);1H. The molecule has 3 atom stereocenters. The van der Waals surface area contributed by atoms with E-state index >= 15 is 0 Å². The highest BCUT2D eigenvalue weighted by Crippen LogP contribution is 2.57. The molecular weight excluding hydrogens is 344 g/mol. The molecule has 3 unspecified atom stereocenters. The van der Waals surface area contributed by atoms with E-state index in [1.165, 1.54) is 4.90 Å². The molecule has 0 aromatic heterocycles. The van der Waals surface area contributed by atoms with E-state index in [1.807, 2.05) is 18.2 Å². The fourth-order valence-corrected chi connectivity index (χ4v) is 4.82. The molecule has 24 heavy (non-hydrogen) atoms. The number of nitrogens with two attached hydrogens (primary N) is 1. The molecule has 1 aliphatic carbocycles. The maximum Gasteiger partial charge on any atom is 0.241 e. The smallest absolute Gasteiger partial charge is 0.241 e. The molecular formula is C18H27ClN2O2S. The van der Waals surface area contributed by atoms with E-state index < -0.39 is 5.54 Å². The van der Waals surface area contributed by atoms with Crippen molar-refractivity contribution < 1.29 is 9.53 Å². The van der Waals surface area contributed by atoms with E-state index in [9.17, 15) is 4.79 Å². The van der Waals surface area contributed by atoms with Gasteiger partial charge in [-0.2, -0.15) is 0 Å². The van der Waals surface area contributed by atoms with E-state index in [2.05, 4.69) is 31.3 Å². The van der Waals surface area contributed by atoms with Crippen LogP contribution in [-0.4, -0.2) is 36.5 Å². The number of fused-ring (bicyclic) bond motifs is 1. The van der Waals surface area contributed by atoms with Crippen LogP contribution in [0.25, 0.3) is 0 Å². The minimum absolute atomic E-state index is 0. The summed E-state index contributed by atoms with van der Waals surface area (Å²) in [6, 6.07) is 10.2. The number of amides is 1. The topological polar surface area (TPSA) is 64.3 Å². The molecule has 1 saturated carbocycles. The highest BCUT2D eigenvalue weighted by molar-refractivity contribution is 7.99. The maximum atomic E-state index is 12.7. The Hall–Kier alpha value is -0.750. The van der Waals surface area contributed by atoms with Gasteiger partial charge in [-0.15, -0.1) is 24.2 Å². The molecule has 4 nitrogen and oxygen atoms in total. The van der Waals surface area contributed by atoms with Crippen LogP contribution in [-0.2, 0) is 9.53 Å². The first-order valence-corrected chi connectivity index (χ1v) is 9.33. The minimum Gasteiger partial charge on any atom is -0.377 e. The highest BCUT2D eigenvalue weighted by Gasteiger charge is 2.70. The Morgan fingerprint density at radius 2 is 2.08 bits per heavy atom. The summed E-state index contributed by atoms with van der Waals surface area (Å²) in [4.78, 5) is 13.9. The Bertz CT molecular complexity index is 569. The van der Waals surface area contributed by atoms with Crippen LogP contribution in [0.4, 0.5) is 0 Å². The number of nitrogens with one attached hydrogen (secondary N) is 1. The van der Waals surface area contributed by atoms with Gasteiger partial charge in [0.05, 0.1) is 6.10 Å². The van der Waals surface area contributed by atoms with Crippen molar-refractivity contribution in [2.75, 3.05) is 18.9 Å². The van der Waals surface area contributed by atoms with Crippen molar-refractivity contribution in [2.24, 2.45) is 17.1 Å². The zero-order chi connectivity index (χ0) is 16.5. The van der Waals surface area contributed by atoms with Gasteiger partial charge in [-0.1, -0.05) is 32.0 Å². The SMILES string of the molecule is CC1(C)C2OCCCC2C1(N)C(=O)NCCSc1ccccc1.Cl. The lowest BCUT2D eigenvalue weighted by molar-refractivity contribution is -0.225. The summed E-state index contributed by atoms with van der Waals surface area (Å²) >= 11 is 1.74. The lowest BCUT2D eigenvalue weighted by Gasteiger charge is -2.65. The number of carbonyl (C=O) groups excluding carboxylic acids is 1. The molecule has 3 N–H and O–H groups in total. The average molecular weight is 371 g/mol. The number of benzene rings is 1. The number of ether oxygens (including phenoxy) is 1. The van der Waals surface area contributed by atoms with Gasteiger partial charge in [-0.05, 0) is 25.0 Å². The molecule has 134 valence electrons. The summed E-state index contributed by atoms with van der Waals surface area (Å²) in [5.41, 5.74) is 5.45. The normalized spacial score (nSPS) is 30.5. The zero-order valence-corrected chi connectivity index (χ0v) is 15.9. The second-order valence-corrected chi connectivity index (χ2v) is 8.22. The third kappa shape index (κ3) is 3.19. The molecule has 1 saturated heterocycles. The second-order valence-electron chi connectivity index (χ2n) is 7.05. The van der Waals surface area contributed by atoms with E-state index in [0.29, 0.717) is 6.54 Å². The third-order valence-corrected chi connectivity index (χ3v) is 6.47. The van der Waals surface area contributed by atoms with Gasteiger partial charge in [-0.3, -0.25) is 4.79 Å². The molecule has 1 amide bonds. The van der Waals surface area contributed by atoms with Crippen molar-refractivity contribution >= 4 is 30.1 Å². The minimum atomic E-state index is -0.810. The fourth-order valence-electron chi connectivity index (χ4n) is 4.03. The molecule has 1 heterocycles. The molecule has 0 bridgehead atoms. The van der Waals surface area contributed by atoms with Gasteiger partial charge in [0.2, 0.25) is 5.91 Å². The molecule has 0 spiro atoms. The van der Waals surface area contributed by atoms with Crippen molar-refractivity contribution in [1.82, 2.24) is 5.32 Å². The van der Waals surface area contributed by atoms with Crippen LogP contribution in [0.1, 0.15) is 26.7 Å². The van der Waals surface area contributed by atoms with Crippen molar-refractivity contribution in [2.45, 2.75) is 43.2 Å². The quantitative estimate of drug-likeness (QED) is 0.618. The maximum absolute atomic E-state index is 12.7. The second kappa shape index (κ2) is 7.65. The summed E-state index contributed by atoms with van der Waals surface area (Å²) < 4.78 is 5.86.